The lowest BCUT2D eigenvalue weighted by Crippen LogP contribution is -2.30. The van der Waals surface area contributed by atoms with Crippen molar-refractivity contribution in [2.75, 3.05) is 24.7 Å². The molecule has 1 saturated heterocycles. The molecular weight excluding hydrogens is 410 g/mol. The highest BCUT2D eigenvalue weighted by atomic mass is 16.5. The van der Waals surface area contributed by atoms with Crippen LogP contribution in [0.15, 0.2) is 47.7 Å². The van der Waals surface area contributed by atoms with E-state index in [1.54, 1.807) is 23.1 Å². The largest absolute Gasteiger partial charge is 0.465 e. The third-order valence-corrected chi connectivity index (χ3v) is 5.76. The molecule has 1 N–H and O–H groups in total. The van der Waals surface area contributed by atoms with Gasteiger partial charge in [-0.3, -0.25) is 14.4 Å². The van der Waals surface area contributed by atoms with E-state index in [2.05, 4.69) is 10.2 Å². The van der Waals surface area contributed by atoms with Crippen LogP contribution in [-0.2, 0) is 11.2 Å². The highest BCUT2D eigenvalue weighted by Crippen LogP contribution is 2.25. The molecule has 1 aromatic carbocycles. The number of hydrogen-bond acceptors (Lipinski definition) is 5. The molecule has 32 heavy (non-hydrogen) atoms. The van der Waals surface area contributed by atoms with E-state index in [0.717, 1.165) is 29.8 Å². The molecule has 1 aliphatic heterocycles. The summed E-state index contributed by atoms with van der Waals surface area (Å²) in [4.78, 5) is 25.6. The summed E-state index contributed by atoms with van der Waals surface area (Å²) in [5.74, 6) is 0. The van der Waals surface area contributed by atoms with Crippen LogP contribution in [0.2, 0.25) is 0 Å². The molecule has 4 rings (SSSR count). The first-order valence-corrected chi connectivity index (χ1v) is 10.8. The third kappa shape index (κ3) is 4.43. The van der Waals surface area contributed by atoms with Crippen molar-refractivity contribution >= 4 is 11.8 Å². The number of benzene rings is 1. The Morgan fingerprint density at radius 3 is 2.91 bits per heavy atom. The molecule has 9 nitrogen and oxygen atoms in total. The van der Waals surface area contributed by atoms with E-state index in [-0.39, 0.29) is 11.5 Å². The summed E-state index contributed by atoms with van der Waals surface area (Å²) >= 11 is 0. The quantitative estimate of drug-likeness (QED) is 0.609. The van der Waals surface area contributed by atoms with Gasteiger partial charge in [0.25, 0.3) is 0 Å². The monoisotopic (exact) mass is 437 g/mol. The number of carboxylic acid groups (broad SMARTS) is 1. The molecular formula is C23H27N5O4. The molecule has 9 heteroatoms. The number of anilines is 1. The molecule has 0 saturated carbocycles. The molecule has 1 amide bonds. The first-order valence-electron chi connectivity index (χ1n) is 10.8. The maximum absolute atomic E-state index is 12.5. The minimum absolute atomic E-state index is 0.161. The van der Waals surface area contributed by atoms with Gasteiger partial charge in [0, 0.05) is 31.8 Å². The average Bonchev–Trinajstić information content (AvgIpc) is 3.47. The molecule has 0 radical (unpaired) electrons. The molecule has 1 fully saturated rings. The number of ether oxygens (including phenoxy) is 1. The summed E-state index contributed by atoms with van der Waals surface area (Å²) in [6, 6.07) is 7.23. The van der Waals surface area contributed by atoms with Crippen LogP contribution in [0.4, 0.5) is 10.5 Å². The topological polar surface area (TPSA) is 102 Å². The Morgan fingerprint density at radius 1 is 1.34 bits per heavy atom. The van der Waals surface area contributed by atoms with Crippen molar-refractivity contribution in [3.63, 3.8) is 0 Å². The van der Waals surface area contributed by atoms with Gasteiger partial charge in [-0.05, 0) is 37.0 Å². The van der Waals surface area contributed by atoms with Crippen LogP contribution in [-0.4, -0.2) is 50.5 Å². The predicted molar refractivity (Wildman–Crippen MR) is 120 cm³/mol. The number of rotatable bonds is 7. The fraction of sp³-hybridized carbons (Fsp3) is 0.391. The summed E-state index contributed by atoms with van der Waals surface area (Å²) in [5.41, 5.74) is 3.32. The Kier molecular flexibility index (Phi) is 6.36. The molecule has 1 aliphatic rings. The van der Waals surface area contributed by atoms with E-state index in [1.807, 2.05) is 36.9 Å². The Morgan fingerprint density at radius 2 is 2.19 bits per heavy atom. The van der Waals surface area contributed by atoms with Crippen LogP contribution >= 0.6 is 0 Å². The molecule has 2 aromatic heterocycles. The maximum Gasteiger partial charge on any atom is 0.411 e. The second-order valence-electron chi connectivity index (χ2n) is 7.94. The molecule has 3 heterocycles. The van der Waals surface area contributed by atoms with E-state index in [9.17, 15) is 14.7 Å². The highest BCUT2D eigenvalue weighted by Gasteiger charge is 2.20. The predicted octanol–water partition coefficient (Wildman–Crippen LogP) is 3.18. The number of nitrogens with zero attached hydrogens (tertiary/aromatic N) is 5. The molecule has 0 spiro atoms. The first-order chi connectivity index (χ1) is 15.5. The van der Waals surface area contributed by atoms with Gasteiger partial charge >= 0.3 is 6.09 Å². The lowest BCUT2D eigenvalue weighted by molar-refractivity contribution is 0.184. The number of hydrogen-bond donors (Lipinski definition) is 1. The van der Waals surface area contributed by atoms with Crippen molar-refractivity contribution in [2.45, 2.75) is 39.2 Å². The van der Waals surface area contributed by atoms with E-state index < -0.39 is 6.09 Å². The zero-order chi connectivity index (χ0) is 22.7. The Bertz CT molecular complexity index is 1160. The van der Waals surface area contributed by atoms with Crippen molar-refractivity contribution in [3.05, 3.63) is 69.9 Å². The van der Waals surface area contributed by atoms with Gasteiger partial charge in [0.2, 0.25) is 5.43 Å². The summed E-state index contributed by atoms with van der Waals surface area (Å²) in [7, 11) is 0. The Balaban J connectivity index is 1.62. The van der Waals surface area contributed by atoms with E-state index in [1.165, 1.54) is 11.0 Å². The zero-order valence-corrected chi connectivity index (χ0v) is 18.3. The maximum atomic E-state index is 12.5. The van der Waals surface area contributed by atoms with Crippen molar-refractivity contribution in [1.82, 2.24) is 19.6 Å². The molecule has 0 aliphatic carbocycles. The van der Waals surface area contributed by atoms with Gasteiger partial charge in [-0.15, -0.1) is 0 Å². The van der Waals surface area contributed by atoms with Crippen LogP contribution in [0.1, 0.15) is 42.6 Å². The average molecular weight is 438 g/mol. The Labute approximate surface area is 185 Å². The number of carbonyl (C=O) groups is 1. The third-order valence-electron chi connectivity index (χ3n) is 5.76. The van der Waals surface area contributed by atoms with Crippen molar-refractivity contribution in [2.24, 2.45) is 0 Å². The lowest BCUT2D eigenvalue weighted by Gasteiger charge is -2.22. The fourth-order valence-electron chi connectivity index (χ4n) is 3.97. The van der Waals surface area contributed by atoms with Gasteiger partial charge in [0.05, 0.1) is 30.7 Å². The van der Waals surface area contributed by atoms with E-state index in [4.69, 9.17) is 4.74 Å². The second-order valence-corrected chi connectivity index (χ2v) is 7.94. The standard InChI is InChI=1S/C23H27N5O4/c1-3-9-26(23(30)31)21-6-4-5-17(16(21)2)12-20-22(29)7-10-27(25-20)19-13-24-28(14-19)18-8-11-32-15-18/h4-7,10,13-14,18H,3,8-9,11-12,15H2,1-2H3,(H,30,31). The molecule has 1 atom stereocenters. The number of aromatic nitrogens is 4. The molecule has 168 valence electrons. The van der Waals surface area contributed by atoms with Gasteiger partial charge in [0.15, 0.2) is 0 Å². The molecule has 0 bridgehead atoms. The highest BCUT2D eigenvalue weighted by molar-refractivity contribution is 5.87. The molecule has 1 unspecified atom stereocenters. The van der Waals surface area contributed by atoms with E-state index >= 15 is 0 Å². The fourth-order valence-corrected chi connectivity index (χ4v) is 3.97. The summed E-state index contributed by atoms with van der Waals surface area (Å²) in [6.45, 7) is 5.60. The van der Waals surface area contributed by atoms with Gasteiger partial charge in [0.1, 0.15) is 11.4 Å². The van der Waals surface area contributed by atoms with Crippen LogP contribution in [0.5, 0.6) is 0 Å². The van der Waals surface area contributed by atoms with Gasteiger partial charge in [-0.1, -0.05) is 19.1 Å². The second kappa shape index (κ2) is 9.35. The van der Waals surface area contributed by atoms with Crippen molar-refractivity contribution < 1.29 is 14.6 Å². The van der Waals surface area contributed by atoms with Gasteiger partial charge in [-0.2, -0.15) is 10.2 Å². The lowest BCUT2D eigenvalue weighted by atomic mass is 10.0. The SMILES string of the molecule is CCCN(C(=O)O)c1cccc(Cc2nn(-c3cnn(C4CCOC4)c3)ccc2=O)c1C. The Hall–Kier alpha value is -3.46. The van der Waals surface area contributed by atoms with Crippen molar-refractivity contribution in [1.29, 1.82) is 0 Å². The summed E-state index contributed by atoms with van der Waals surface area (Å²) < 4.78 is 8.96. The number of amides is 1. The first kappa shape index (κ1) is 21.8. The van der Waals surface area contributed by atoms with Gasteiger partial charge < -0.3 is 9.84 Å². The van der Waals surface area contributed by atoms with Crippen LogP contribution in [0, 0.1) is 6.92 Å². The van der Waals surface area contributed by atoms with Crippen LogP contribution in [0.25, 0.3) is 5.69 Å². The summed E-state index contributed by atoms with van der Waals surface area (Å²) in [6.07, 6.45) is 6.21. The zero-order valence-electron chi connectivity index (χ0n) is 18.3. The summed E-state index contributed by atoms with van der Waals surface area (Å²) in [5, 5.41) is 18.6. The minimum Gasteiger partial charge on any atom is -0.465 e. The van der Waals surface area contributed by atoms with E-state index in [0.29, 0.717) is 37.4 Å². The van der Waals surface area contributed by atoms with Gasteiger partial charge in [-0.25, -0.2) is 9.48 Å². The van der Waals surface area contributed by atoms with Crippen LogP contribution < -0.4 is 10.3 Å². The van der Waals surface area contributed by atoms with Crippen molar-refractivity contribution in [3.8, 4) is 5.69 Å². The smallest absolute Gasteiger partial charge is 0.411 e. The van der Waals surface area contributed by atoms with Crippen LogP contribution in [0.3, 0.4) is 0 Å². The molecule has 3 aromatic rings. The normalized spacial score (nSPS) is 15.8. The minimum atomic E-state index is -0.989.